The molecule has 0 aliphatic carbocycles. The number of halogens is 1. The van der Waals surface area contributed by atoms with Gasteiger partial charge in [-0.15, -0.1) is 0 Å². The van der Waals surface area contributed by atoms with E-state index < -0.39 is 0 Å². The molecule has 0 atom stereocenters. The molecule has 0 radical (unpaired) electrons. The van der Waals surface area contributed by atoms with Gasteiger partial charge in [-0.05, 0) is 18.2 Å². The van der Waals surface area contributed by atoms with Gasteiger partial charge in [0.1, 0.15) is 11.4 Å². The van der Waals surface area contributed by atoms with Crippen LogP contribution in [0.3, 0.4) is 0 Å². The van der Waals surface area contributed by atoms with Crippen molar-refractivity contribution in [3.8, 4) is 22.7 Å². The first-order valence-electron chi connectivity index (χ1n) is 7.73. The molecule has 2 N–H and O–H groups in total. The average molecular weight is 352 g/mol. The van der Waals surface area contributed by atoms with Crippen LogP contribution in [0.25, 0.3) is 33.6 Å². The van der Waals surface area contributed by atoms with Crippen molar-refractivity contribution < 1.29 is 9.32 Å². The zero-order valence-electron chi connectivity index (χ0n) is 13.3. The number of nitrogens with zero attached hydrogens (tertiary/aromatic N) is 1. The molecule has 0 saturated carbocycles. The van der Waals surface area contributed by atoms with Crippen molar-refractivity contribution in [1.82, 2.24) is 10.1 Å². The Hall–Kier alpha value is -3.05. The van der Waals surface area contributed by atoms with Crippen LogP contribution in [0.4, 0.5) is 5.69 Å². The molecule has 2 aromatic heterocycles. The third kappa shape index (κ3) is 2.90. The number of aromatic amines is 1. The van der Waals surface area contributed by atoms with Crippen LogP contribution in [0.15, 0.2) is 59.1 Å². The normalized spacial score (nSPS) is 11.0. The summed E-state index contributed by atoms with van der Waals surface area (Å²) >= 11 is 6.07. The lowest BCUT2D eigenvalue weighted by Crippen LogP contribution is -2.06. The smallest absolute Gasteiger partial charge is 0.221 e. The first-order valence-corrected chi connectivity index (χ1v) is 8.11. The maximum absolute atomic E-state index is 11.6. The van der Waals surface area contributed by atoms with Gasteiger partial charge in [0.05, 0.1) is 5.69 Å². The Kier molecular flexibility index (Phi) is 3.78. The summed E-state index contributed by atoms with van der Waals surface area (Å²) < 4.78 is 5.52. The van der Waals surface area contributed by atoms with E-state index in [0.29, 0.717) is 22.2 Å². The number of carbonyl (C=O) groups is 1. The van der Waals surface area contributed by atoms with E-state index in [4.69, 9.17) is 16.1 Å². The molecule has 0 bridgehead atoms. The zero-order chi connectivity index (χ0) is 17.4. The fraction of sp³-hybridized carbons (Fsp3) is 0.0526. The van der Waals surface area contributed by atoms with E-state index in [-0.39, 0.29) is 5.91 Å². The summed E-state index contributed by atoms with van der Waals surface area (Å²) in [5.41, 5.74) is 3.79. The van der Waals surface area contributed by atoms with Crippen LogP contribution in [0.1, 0.15) is 6.92 Å². The SMILES string of the molecule is CC(=O)Nc1c(-c2cc(-c3ccccc3)no2)[nH]c2cc(Cl)ccc12. The number of hydrogen-bond donors (Lipinski definition) is 2. The van der Waals surface area contributed by atoms with Crippen LogP contribution in [-0.4, -0.2) is 16.0 Å². The van der Waals surface area contributed by atoms with E-state index in [0.717, 1.165) is 22.2 Å². The minimum Gasteiger partial charge on any atom is -0.354 e. The van der Waals surface area contributed by atoms with Gasteiger partial charge in [-0.1, -0.05) is 47.1 Å². The van der Waals surface area contributed by atoms with Gasteiger partial charge in [-0.3, -0.25) is 4.79 Å². The Morgan fingerprint density at radius 2 is 1.96 bits per heavy atom. The lowest BCUT2D eigenvalue weighted by molar-refractivity contribution is -0.114. The Morgan fingerprint density at radius 3 is 2.72 bits per heavy atom. The molecule has 0 aliphatic rings. The van der Waals surface area contributed by atoms with E-state index >= 15 is 0 Å². The number of anilines is 1. The molecule has 5 nitrogen and oxygen atoms in total. The van der Waals surface area contributed by atoms with Crippen molar-refractivity contribution in [3.05, 3.63) is 59.6 Å². The van der Waals surface area contributed by atoms with Gasteiger partial charge in [-0.2, -0.15) is 0 Å². The third-order valence-corrected chi connectivity index (χ3v) is 4.12. The first kappa shape index (κ1) is 15.5. The number of fused-ring (bicyclic) bond motifs is 1. The highest BCUT2D eigenvalue weighted by molar-refractivity contribution is 6.31. The number of amides is 1. The standard InChI is InChI=1S/C19H14ClN3O2/c1-11(24)21-18-14-8-7-13(20)9-16(14)22-19(18)17-10-15(23-25-17)12-5-3-2-4-6-12/h2-10,22H,1H3,(H,21,24). The molecule has 0 saturated heterocycles. The molecule has 0 aliphatic heterocycles. The van der Waals surface area contributed by atoms with Crippen molar-refractivity contribution in [3.63, 3.8) is 0 Å². The number of carbonyl (C=O) groups excluding carboxylic acids is 1. The molecule has 25 heavy (non-hydrogen) atoms. The van der Waals surface area contributed by atoms with Gasteiger partial charge in [0.15, 0.2) is 5.76 Å². The Labute approximate surface area is 148 Å². The fourth-order valence-electron chi connectivity index (χ4n) is 2.80. The topological polar surface area (TPSA) is 70.9 Å². The van der Waals surface area contributed by atoms with E-state index in [1.54, 1.807) is 12.1 Å². The summed E-state index contributed by atoms with van der Waals surface area (Å²) in [4.78, 5) is 14.9. The van der Waals surface area contributed by atoms with E-state index in [1.807, 2.05) is 42.5 Å². The number of nitrogens with one attached hydrogen (secondary N) is 2. The number of rotatable bonds is 3. The van der Waals surface area contributed by atoms with E-state index in [1.165, 1.54) is 6.92 Å². The lowest BCUT2D eigenvalue weighted by atomic mass is 10.1. The molecule has 2 heterocycles. The number of aromatic nitrogens is 2. The summed E-state index contributed by atoms with van der Waals surface area (Å²) in [6, 6.07) is 17.0. The third-order valence-electron chi connectivity index (χ3n) is 3.89. The molecule has 2 aromatic carbocycles. The molecular weight excluding hydrogens is 338 g/mol. The van der Waals surface area contributed by atoms with Crippen molar-refractivity contribution in [1.29, 1.82) is 0 Å². The average Bonchev–Trinajstić information content (AvgIpc) is 3.20. The van der Waals surface area contributed by atoms with Crippen LogP contribution >= 0.6 is 11.6 Å². The van der Waals surface area contributed by atoms with Crippen LogP contribution < -0.4 is 5.32 Å². The maximum Gasteiger partial charge on any atom is 0.221 e. The van der Waals surface area contributed by atoms with Gasteiger partial charge >= 0.3 is 0 Å². The molecule has 0 spiro atoms. The van der Waals surface area contributed by atoms with Crippen LogP contribution in [0, 0.1) is 0 Å². The highest BCUT2D eigenvalue weighted by Crippen LogP contribution is 2.37. The second-order valence-electron chi connectivity index (χ2n) is 5.69. The van der Waals surface area contributed by atoms with Crippen molar-refractivity contribution in [2.45, 2.75) is 6.92 Å². The largest absolute Gasteiger partial charge is 0.354 e. The highest BCUT2D eigenvalue weighted by atomic mass is 35.5. The Balaban J connectivity index is 1.86. The lowest BCUT2D eigenvalue weighted by Gasteiger charge is -2.02. The molecule has 4 aromatic rings. The summed E-state index contributed by atoms with van der Waals surface area (Å²) in [6.45, 7) is 1.47. The fourth-order valence-corrected chi connectivity index (χ4v) is 2.97. The maximum atomic E-state index is 11.6. The zero-order valence-corrected chi connectivity index (χ0v) is 14.1. The van der Waals surface area contributed by atoms with Gasteiger partial charge in [0.2, 0.25) is 5.91 Å². The highest BCUT2D eigenvalue weighted by Gasteiger charge is 2.18. The van der Waals surface area contributed by atoms with Crippen molar-refractivity contribution >= 4 is 34.1 Å². The van der Waals surface area contributed by atoms with E-state index in [2.05, 4.69) is 15.5 Å². The van der Waals surface area contributed by atoms with Gasteiger partial charge in [0.25, 0.3) is 0 Å². The predicted molar refractivity (Wildman–Crippen MR) is 98.5 cm³/mol. The van der Waals surface area contributed by atoms with E-state index in [9.17, 15) is 4.79 Å². The molecule has 1 amide bonds. The Bertz CT molecular complexity index is 1070. The minimum absolute atomic E-state index is 0.167. The molecule has 6 heteroatoms. The summed E-state index contributed by atoms with van der Waals surface area (Å²) in [5, 5.41) is 8.46. The number of benzene rings is 2. The molecule has 0 fully saturated rings. The minimum atomic E-state index is -0.167. The summed E-state index contributed by atoms with van der Waals surface area (Å²) in [5.74, 6) is 0.370. The van der Waals surface area contributed by atoms with Crippen molar-refractivity contribution in [2.75, 3.05) is 5.32 Å². The molecule has 4 rings (SSSR count). The van der Waals surface area contributed by atoms with Crippen LogP contribution in [0.5, 0.6) is 0 Å². The quantitative estimate of drug-likeness (QED) is 0.539. The number of hydrogen-bond acceptors (Lipinski definition) is 3. The van der Waals surface area contributed by atoms with Crippen molar-refractivity contribution in [2.24, 2.45) is 0 Å². The monoisotopic (exact) mass is 351 g/mol. The first-order chi connectivity index (χ1) is 12.1. The molecular formula is C19H14ClN3O2. The van der Waals surface area contributed by atoms with Crippen LogP contribution in [0.2, 0.25) is 5.02 Å². The molecule has 124 valence electrons. The summed E-state index contributed by atoms with van der Waals surface area (Å²) in [6.07, 6.45) is 0. The van der Waals surface area contributed by atoms with Gasteiger partial charge < -0.3 is 14.8 Å². The van der Waals surface area contributed by atoms with Gasteiger partial charge in [0, 0.05) is 34.5 Å². The second kappa shape index (κ2) is 6.11. The number of H-pyrrole nitrogens is 1. The van der Waals surface area contributed by atoms with Gasteiger partial charge in [-0.25, -0.2) is 0 Å². The second-order valence-corrected chi connectivity index (χ2v) is 6.12. The van der Waals surface area contributed by atoms with Crippen LogP contribution in [-0.2, 0) is 4.79 Å². The predicted octanol–water partition coefficient (Wildman–Crippen LogP) is 5.10. The Morgan fingerprint density at radius 1 is 1.16 bits per heavy atom. The summed E-state index contributed by atoms with van der Waals surface area (Å²) in [7, 11) is 0. The molecule has 0 unspecified atom stereocenters.